The van der Waals surface area contributed by atoms with E-state index in [2.05, 4.69) is 9.97 Å². The van der Waals surface area contributed by atoms with Crippen LogP contribution in [0.2, 0.25) is 0 Å². The molecular formula is C16H16ClN5O. The fourth-order valence-electron chi connectivity index (χ4n) is 2.33. The SMILES string of the molecule is Cl.NC(=O)Cc1cccc(-n2ccnc2-c2ccnc(N)c2)c1. The summed E-state index contributed by atoms with van der Waals surface area (Å²) in [5, 5.41) is 0. The second-order valence-electron chi connectivity index (χ2n) is 4.90. The molecule has 0 atom stereocenters. The lowest BCUT2D eigenvalue weighted by Crippen LogP contribution is -2.13. The summed E-state index contributed by atoms with van der Waals surface area (Å²) >= 11 is 0. The van der Waals surface area contributed by atoms with Crippen molar-refractivity contribution in [3.05, 3.63) is 60.6 Å². The summed E-state index contributed by atoms with van der Waals surface area (Å²) in [6, 6.07) is 11.2. The maximum absolute atomic E-state index is 11.1. The molecule has 0 spiro atoms. The zero-order valence-electron chi connectivity index (χ0n) is 12.2. The van der Waals surface area contributed by atoms with Gasteiger partial charge < -0.3 is 11.5 Å². The van der Waals surface area contributed by atoms with E-state index >= 15 is 0 Å². The average Bonchev–Trinajstić information content (AvgIpc) is 2.96. The van der Waals surface area contributed by atoms with Gasteiger partial charge in [-0.05, 0) is 29.8 Å². The first-order valence-electron chi connectivity index (χ1n) is 6.76. The van der Waals surface area contributed by atoms with Crippen molar-refractivity contribution in [3.8, 4) is 17.1 Å². The van der Waals surface area contributed by atoms with Crippen LogP contribution in [0.15, 0.2) is 55.0 Å². The van der Waals surface area contributed by atoms with Crippen molar-refractivity contribution in [2.45, 2.75) is 6.42 Å². The average molecular weight is 330 g/mol. The maximum Gasteiger partial charge on any atom is 0.221 e. The van der Waals surface area contributed by atoms with E-state index in [1.54, 1.807) is 18.5 Å². The minimum atomic E-state index is -0.357. The van der Waals surface area contributed by atoms with Crippen LogP contribution in [0.1, 0.15) is 5.56 Å². The van der Waals surface area contributed by atoms with Crippen LogP contribution in [0.5, 0.6) is 0 Å². The monoisotopic (exact) mass is 329 g/mol. The number of pyridine rings is 1. The summed E-state index contributed by atoms with van der Waals surface area (Å²) in [6.07, 6.45) is 5.43. The summed E-state index contributed by atoms with van der Waals surface area (Å²) in [7, 11) is 0. The fourth-order valence-corrected chi connectivity index (χ4v) is 2.33. The molecule has 3 aromatic rings. The number of hydrogen-bond donors (Lipinski definition) is 2. The van der Waals surface area contributed by atoms with Crippen molar-refractivity contribution in [2.24, 2.45) is 5.73 Å². The first kappa shape index (κ1) is 16.5. The summed E-state index contributed by atoms with van der Waals surface area (Å²) in [4.78, 5) is 19.4. The van der Waals surface area contributed by atoms with E-state index in [-0.39, 0.29) is 24.7 Å². The van der Waals surface area contributed by atoms with Gasteiger partial charge in [0.05, 0.1) is 6.42 Å². The number of rotatable bonds is 4. The number of nitrogens with two attached hydrogens (primary N) is 2. The minimum absolute atomic E-state index is 0. The van der Waals surface area contributed by atoms with Crippen LogP contribution in [-0.2, 0) is 11.2 Å². The highest BCUT2D eigenvalue weighted by Crippen LogP contribution is 2.22. The Balaban J connectivity index is 0.00000192. The van der Waals surface area contributed by atoms with Crippen molar-refractivity contribution >= 4 is 24.1 Å². The van der Waals surface area contributed by atoms with Crippen molar-refractivity contribution in [1.82, 2.24) is 14.5 Å². The molecule has 0 fully saturated rings. The normalized spacial score (nSPS) is 10.1. The van der Waals surface area contributed by atoms with Gasteiger partial charge in [0.1, 0.15) is 11.6 Å². The number of anilines is 1. The molecule has 0 radical (unpaired) electrons. The number of nitrogens with zero attached hydrogens (tertiary/aromatic N) is 3. The van der Waals surface area contributed by atoms with Crippen LogP contribution in [-0.4, -0.2) is 20.4 Å². The van der Waals surface area contributed by atoms with Crippen molar-refractivity contribution in [1.29, 1.82) is 0 Å². The molecule has 0 aliphatic carbocycles. The third-order valence-electron chi connectivity index (χ3n) is 3.25. The highest BCUT2D eigenvalue weighted by Gasteiger charge is 2.09. The van der Waals surface area contributed by atoms with Gasteiger partial charge in [-0.15, -0.1) is 12.4 Å². The van der Waals surface area contributed by atoms with Gasteiger partial charge in [0.15, 0.2) is 0 Å². The van der Waals surface area contributed by atoms with Crippen molar-refractivity contribution in [2.75, 3.05) is 5.73 Å². The van der Waals surface area contributed by atoms with Gasteiger partial charge in [-0.3, -0.25) is 9.36 Å². The zero-order chi connectivity index (χ0) is 15.5. The summed E-state index contributed by atoms with van der Waals surface area (Å²) in [6.45, 7) is 0. The van der Waals surface area contributed by atoms with E-state index in [1.807, 2.05) is 41.1 Å². The molecule has 2 aromatic heterocycles. The molecule has 3 rings (SSSR count). The van der Waals surface area contributed by atoms with Gasteiger partial charge >= 0.3 is 0 Å². The Bertz CT molecular complexity index is 831. The second kappa shape index (κ2) is 6.93. The zero-order valence-corrected chi connectivity index (χ0v) is 13.0. The standard InChI is InChI=1S/C16H15N5O.ClH/c17-14-10-12(4-5-19-14)16-20-6-7-21(16)13-3-1-2-11(8-13)9-15(18)22;/h1-8,10H,9H2,(H2,17,19)(H2,18,22);1H. The Kier molecular flexibility index (Phi) is 4.98. The lowest BCUT2D eigenvalue weighted by atomic mass is 10.1. The highest BCUT2D eigenvalue weighted by atomic mass is 35.5. The van der Waals surface area contributed by atoms with Crippen LogP contribution in [0.25, 0.3) is 17.1 Å². The Labute approximate surface area is 139 Å². The molecule has 23 heavy (non-hydrogen) atoms. The summed E-state index contributed by atoms with van der Waals surface area (Å²) in [5.74, 6) is 0.838. The smallest absolute Gasteiger partial charge is 0.221 e. The number of carbonyl (C=O) groups excluding carboxylic acids is 1. The van der Waals surface area contributed by atoms with Crippen LogP contribution in [0, 0.1) is 0 Å². The van der Waals surface area contributed by atoms with E-state index in [1.165, 1.54) is 0 Å². The van der Waals surface area contributed by atoms with Crippen LogP contribution in [0.3, 0.4) is 0 Å². The third-order valence-corrected chi connectivity index (χ3v) is 3.25. The summed E-state index contributed by atoms with van der Waals surface area (Å²) < 4.78 is 1.93. The molecule has 0 bridgehead atoms. The Hall–Kier alpha value is -2.86. The van der Waals surface area contributed by atoms with E-state index in [0.29, 0.717) is 5.82 Å². The number of aromatic nitrogens is 3. The predicted octanol–water partition coefficient (Wildman–Crippen LogP) is 1.97. The molecule has 118 valence electrons. The molecule has 2 heterocycles. The predicted molar refractivity (Wildman–Crippen MR) is 91.4 cm³/mol. The number of hydrogen-bond acceptors (Lipinski definition) is 4. The van der Waals surface area contributed by atoms with Gasteiger partial charge in [-0.25, -0.2) is 9.97 Å². The molecule has 0 saturated carbocycles. The highest BCUT2D eigenvalue weighted by molar-refractivity contribution is 5.85. The van der Waals surface area contributed by atoms with Gasteiger partial charge in [-0.2, -0.15) is 0 Å². The number of halogens is 1. The molecule has 0 unspecified atom stereocenters. The molecule has 1 amide bonds. The Morgan fingerprint density at radius 2 is 1.96 bits per heavy atom. The lowest BCUT2D eigenvalue weighted by molar-refractivity contribution is -0.117. The second-order valence-corrected chi connectivity index (χ2v) is 4.90. The Morgan fingerprint density at radius 3 is 2.70 bits per heavy atom. The summed E-state index contributed by atoms with van der Waals surface area (Å²) in [5.41, 5.74) is 13.6. The van der Waals surface area contributed by atoms with Gasteiger partial charge in [0.2, 0.25) is 5.91 Å². The molecule has 0 aliphatic rings. The third kappa shape index (κ3) is 3.67. The number of primary amides is 1. The number of amides is 1. The van der Waals surface area contributed by atoms with E-state index in [4.69, 9.17) is 11.5 Å². The van der Waals surface area contributed by atoms with Crippen molar-refractivity contribution < 1.29 is 4.79 Å². The van der Waals surface area contributed by atoms with E-state index < -0.39 is 0 Å². The molecule has 0 saturated heterocycles. The molecular weight excluding hydrogens is 314 g/mol. The van der Waals surface area contributed by atoms with Crippen molar-refractivity contribution in [3.63, 3.8) is 0 Å². The fraction of sp³-hybridized carbons (Fsp3) is 0.0625. The lowest BCUT2D eigenvalue weighted by Gasteiger charge is -2.09. The largest absolute Gasteiger partial charge is 0.384 e. The first-order valence-corrected chi connectivity index (χ1v) is 6.76. The van der Waals surface area contributed by atoms with E-state index in [9.17, 15) is 4.79 Å². The molecule has 7 heteroatoms. The molecule has 1 aromatic carbocycles. The number of carbonyl (C=O) groups is 1. The Morgan fingerprint density at radius 1 is 1.13 bits per heavy atom. The van der Waals surface area contributed by atoms with Crippen LogP contribution >= 0.6 is 12.4 Å². The molecule has 6 nitrogen and oxygen atoms in total. The number of imidazole rings is 1. The first-order chi connectivity index (χ1) is 10.6. The topological polar surface area (TPSA) is 99.8 Å². The number of benzene rings is 1. The quantitative estimate of drug-likeness (QED) is 0.764. The number of nitrogen functional groups attached to an aromatic ring is 1. The van der Waals surface area contributed by atoms with Crippen LogP contribution in [0.4, 0.5) is 5.82 Å². The molecule has 4 N–H and O–H groups in total. The maximum atomic E-state index is 11.1. The van der Waals surface area contributed by atoms with Gasteiger partial charge in [0, 0.05) is 29.8 Å². The van der Waals surface area contributed by atoms with E-state index in [0.717, 1.165) is 22.6 Å². The minimum Gasteiger partial charge on any atom is -0.384 e. The van der Waals surface area contributed by atoms with Gasteiger partial charge in [0.25, 0.3) is 0 Å². The van der Waals surface area contributed by atoms with Gasteiger partial charge in [-0.1, -0.05) is 12.1 Å². The van der Waals surface area contributed by atoms with Crippen LogP contribution < -0.4 is 11.5 Å². The molecule has 0 aliphatic heterocycles.